The Hall–Kier alpha value is -0.420. The SMILES string of the molecule is CCCNCc1ccc(COC(C)COCC)s1. The van der Waals surface area contributed by atoms with Crippen molar-refractivity contribution in [3.63, 3.8) is 0 Å². The highest BCUT2D eigenvalue weighted by Crippen LogP contribution is 2.17. The zero-order valence-corrected chi connectivity index (χ0v) is 12.5. The minimum absolute atomic E-state index is 0.161. The highest BCUT2D eigenvalue weighted by atomic mass is 32.1. The van der Waals surface area contributed by atoms with E-state index in [0.717, 1.165) is 19.7 Å². The normalized spacial score (nSPS) is 12.8. The second kappa shape index (κ2) is 9.50. The van der Waals surface area contributed by atoms with E-state index in [1.165, 1.54) is 16.2 Å². The van der Waals surface area contributed by atoms with Gasteiger partial charge >= 0.3 is 0 Å². The molecule has 1 unspecified atom stereocenters. The fourth-order valence-electron chi connectivity index (χ4n) is 1.54. The van der Waals surface area contributed by atoms with E-state index in [1.807, 2.05) is 25.2 Å². The third kappa shape index (κ3) is 6.50. The lowest BCUT2D eigenvalue weighted by Crippen LogP contribution is -2.15. The molecule has 4 heteroatoms. The fourth-order valence-corrected chi connectivity index (χ4v) is 2.45. The first kappa shape index (κ1) is 15.6. The van der Waals surface area contributed by atoms with Crippen molar-refractivity contribution in [2.24, 2.45) is 0 Å². The summed E-state index contributed by atoms with van der Waals surface area (Å²) in [5, 5.41) is 3.41. The molecule has 1 heterocycles. The Morgan fingerprint density at radius 2 is 2.06 bits per heavy atom. The smallest absolute Gasteiger partial charge is 0.0814 e. The van der Waals surface area contributed by atoms with E-state index in [9.17, 15) is 0 Å². The predicted molar refractivity (Wildman–Crippen MR) is 77.1 cm³/mol. The lowest BCUT2D eigenvalue weighted by atomic mass is 10.4. The van der Waals surface area contributed by atoms with E-state index < -0.39 is 0 Å². The zero-order chi connectivity index (χ0) is 13.2. The quantitative estimate of drug-likeness (QED) is 0.663. The number of hydrogen-bond acceptors (Lipinski definition) is 4. The van der Waals surface area contributed by atoms with Crippen molar-refractivity contribution in [1.82, 2.24) is 5.32 Å². The fraction of sp³-hybridized carbons (Fsp3) is 0.714. The molecule has 3 nitrogen and oxygen atoms in total. The summed E-state index contributed by atoms with van der Waals surface area (Å²) < 4.78 is 11.1. The van der Waals surface area contributed by atoms with Gasteiger partial charge < -0.3 is 14.8 Å². The average Bonchev–Trinajstić information content (AvgIpc) is 2.82. The first-order valence-corrected chi connectivity index (χ1v) is 7.55. The van der Waals surface area contributed by atoms with Crippen LogP contribution in [0.25, 0.3) is 0 Å². The highest BCUT2D eigenvalue weighted by Gasteiger charge is 2.04. The van der Waals surface area contributed by atoms with E-state index in [2.05, 4.69) is 24.4 Å². The van der Waals surface area contributed by atoms with Crippen molar-refractivity contribution in [3.05, 3.63) is 21.9 Å². The lowest BCUT2D eigenvalue weighted by Gasteiger charge is -2.11. The Labute approximate surface area is 114 Å². The standard InChI is InChI=1S/C14H25NO2S/c1-4-8-15-9-13-6-7-14(18-13)11-17-12(3)10-16-5-2/h6-7,12,15H,4-5,8-11H2,1-3H3. The van der Waals surface area contributed by atoms with Crippen LogP contribution in [0.5, 0.6) is 0 Å². The van der Waals surface area contributed by atoms with Gasteiger partial charge in [-0.1, -0.05) is 6.92 Å². The van der Waals surface area contributed by atoms with Crippen molar-refractivity contribution in [1.29, 1.82) is 0 Å². The molecule has 0 aliphatic heterocycles. The van der Waals surface area contributed by atoms with Gasteiger partial charge in [-0.05, 0) is 38.9 Å². The Morgan fingerprint density at radius 3 is 2.78 bits per heavy atom. The molecule has 0 radical (unpaired) electrons. The maximum absolute atomic E-state index is 5.73. The Morgan fingerprint density at radius 1 is 1.28 bits per heavy atom. The molecular weight excluding hydrogens is 246 g/mol. The van der Waals surface area contributed by atoms with Gasteiger partial charge in [0.15, 0.2) is 0 Å². The molecule has 1 N–H and O–H groups in total. The Kier molecular flexibility index (Phi) is 8.25. The number of hydrogen-bond donors (Lipinski definition) is 1. The number of rotatable bonds is 10. The second-order valence-corrected chi connectivity index (χ2v) is 5.58. The molecule has 0 aliphatic carbocycles. The van der Waals surface area contributed by atoms with E-state index in [4.69, 9.17) is 9.47 Å². The first-order chi connectivity index (χ1) is 8.76. The van der Waals surface area contributed by atoms with Gasteiger partial charge in [0.1, 0.15) is 0 Å². The summed E-state index contributed by atoms with van der Waals surface area (Å²) in [4.78, 5) is 2.66. The van der Waals surface area contributed by atoms with Crippen LogP contribution >= 0.6 is 11.3 Å². The minimum atomic E-state index is 0.161. The van der Waals surface area contributed by atoms with Crippen LogP contribution in [-0.4, -0.2) is 25.9 Å². The molecule has 1 aromatic heterocycles. The molecule has 0 spiro atoms. The van der Waals surface area contributed by atoms with Crippen LogP contribution in [0.15, 0.2) is 12.1 Å². The van der Waals surface area contributed by atoms with Crippen LogP contribution in [0.1, 0.15) is 36.9 Å². The largest absolute Gasteiger partial charge is 0.379 e. The van der Waals surface area contributed by atoms with E-state index >= 15 is 0 Å². The third-order valence-electron chi connectivity index (χ3n) is 2.51. The van der Waals surface area contributed by atoms with Crippen molar-refractivity contribution in [2.75, 3.05) is 19.8 Å². The number of nitrogens with one attached hydrogen (secondary N) is 1. The molecule has 1 atom stereocenters. The predicted octanol–water partition coefficient (Wildman–Crippen LogP) is 3.19. The van der Waals surface area contributed by atoms with Crippen molar-refractivity contribution in [3.8, 4) is 0 Å². The number of thiophene rings is 1. The van der Waals surface area contributed by atoms with E-state index in [-0.39, 0.29) is 6.10 Å². The van der Waals surface area contributed by atoms with Crippen molar-refractivity contribution < 1.29 is 9.47 Å². The number of ether oxygens (including phenoxy) is 2. The van der Waals surface area contributed by atoms with Gasteiger partial charge in [0.25, 0.3) is 0 Å². The topological polar surface area (TPSA) is 30.5 Å². The summed E-state index contributed by atoms with van der Waals surface area (Å²) in [5.74, 6) is 0. The van der Waals surface area contributed by atoms with E-state index in [1.54, 1.807) is 0 Å². The molecule has 0 aromatic carbocycles. The average molecular weight is 271 g/mol. The summed E-state index contributed by atoms with van der Waals surface area (Å²) in [6, 6.07) is 4.33. The maximum Gasteiger partial charge on any atom is 0.0814 e. The lowest BCUT2D eigenvalue weighted by molar-refractivity contribution is -0.0107. The van der Waals surface area contributed by atoms with Crippen LogP contribution < -0.4 is 5.32 Å². The van der Waals surface area contributed by atoms with Crippen LogP contribution in [0.3, 0.4) is 0 Å². The third-order valence-corrected chi connectivity index (χ3v) is 3.57. The first-order valence-electron chi connectivity index (χ1n) is 6.73. The monoisotopic (exact) mass is 271 g/mol. The summed E-state index contributed by atoms with van der Waals surface area (Å²) in [5.41, 5.74) is 0. The van der Waals surface area contributed by atoms with Gasteiger partial charge in [0.2, 0.25) is 0 Å². The summed E-state index contributed by atoms with van der Waals surface area (Å²) >= 11 is 1.82. The highest BCUT2D eigenvalue weighted by molar-refractivity contribution is 7.11. The minimum Gasteiger partial charge on any atom is -0.379 e. The molecule has 0 fully saturated rings. The Bertz CT molecular complexity index is 314. The van der Waals surface area contributed by atoms with Gasteiger partial charge in [-0.3, -0.25) is 0 Å². The van der Waals surface area contributed by atoms with Gasteiger partial charge in [-0.25, -0.2) is 0 Å². The molecule has 0 aliphatic rings. The van der Waals surface area contributed by atoms with Gasteiger partial charge in [0, 0.05) is 22.9 Å². The van der Waals surface area contributed by atoms with Gasteiger partial charge in [0.05, 0.1) is 19.3 Å². The molecule has 0 bridgehead atoms. The van der Waals surface area contributed by atoms with Crippen molar-refractivity contribution in [2.45, 2.75) is 46.4 Å². The van der Waals surface area contributed by atoms with Crippen molar-refractivity contribution >= 4 is 11.3 Å². The molecule has 1 aromatic rings. The summed E-state index contributed by atoms with van der Waals surface area (Å²) in [6.07, 6.45) is 1.34. The van der Waals surface area contributed by atoms with Crippen LogP contribution in [-0.2, 0) is 22.6 Å². The van der Waals surface area contributed by atoms with E-state index in [0.29, 0.717) is 13.2 Å². The van der Waals surface area contributed by atoms with Crippen LogP contribution in [0.2, 0.25) is 0 Å². The Balaban J connectivity index is 2.22. The zero-order valence-electron chi connectivity index (χ0n) is 11.7. The molecule has 0 saturated carbocycles. The molecule has 1 rings (SSSR count). The van der Waals surface area contributed by atoms with Crippen LogP contribution in [0.4, 0.5) is 0 Å². The second-order valence-electron chi connectivity index (χ2n) is 4.33. The van der Waals surface area contributed by atoms with Gasteiger partial charge in [-0.15, -0.1) is 11.3 Å². The summed E-state index contributed by atoms with van der Waals surface area (Å²) in [6.45, 7) is 10.4. The maximum atomic E-state index is 5.73. The van der Waals surface area contributed by atoms with Crippen LogP contribution in [0, 0.1) is 0 Å². The summed E-state index contributed by atoms with van der Waals surface area (Å²) in [7, 11) is 0. The van der Waals surface area contributed by atoms with Gasteiger partial charge in [-0.2, -0.15) is 0 Å². The molecule has 0 amide bonds. The molecule has 0 saturated heterocycles. The molecule has 18 heavy (non-hydrogen) atoms. The molecule has 104 valence electrons. The molecular formula is C14H25NO2S.